The average Bonchev–Trinajstić information content (AvgIpc) is 2.82. The molecular weight excluding hydrogens is 412 g/mol. The Balaban J connectivity index is 1.43. The van der Waals surface area contributed by atoms with Gasteiger partial charge in [-0.1, -0.05) is 90.5 Å². The molecule has 2 saturated carbocycles. The summed E-state index contributed by atoms with van der Waals surface area (Å²) in [5.74, 6) is -2.00. The molecule has 2 fully saturated rings. The molecule has 2 aliphatic rings. The predicted molar refractivity (Wildman–Crippen MR) is 136 cm³/mol. The van der Waals surface area contributed by atoms with Gasteiger partial charge >= 0.3 is 0 Å². The van der Waals surface area contributed by atoms with Crippen molar-refractivity contribution in [2.45, 2.75) is 141 Å². The smallest absolute Gasteiger partial charge is 0.251 e. The lowest BCUT2D eigenvalue weighted by Gasteiger charge is -2.42. The first-order valence-corrected chi connectivity index (χ1v) is 14.4. The van der Waals surface area contributed by atoms with E-state index in [1.807, 2.05) is 12.3 Å². The number of aryl methyl sites for hydroxylation is 1. The normalized spacial score (nSPS) is 27.5. The molecule has 188 valence electrons. The maximum atomic E-state index is 15.3. The summed E-state index contributed by atoms with van der Waals surface area (Å²) in [4.78, 5) is 4.65. The van der Waals surface area contributed by atoms with Gasteiger partial charge in [-0.15, -0.1) is 0 Å². The zero-order valence-electron chi connectivity index (χ0n) is 21.5. The molecule has 2 aliphatic carbocycles. The highest BCUT2D eigenvalue weighted by Gasteiger charge is 2.49. The molecule has 1 aromatic heterocycles. The van der Waals surface area contributed by atoms with Gasteiger partial charge in [-0.25, -0.2) is 8.78 Å². The largest absolute Gasteiger partial charge is 0.261 e. The Hall–Kier alpha value is -0.990. The molecule has 1 aromatic rings. The van der Waals surface area contributed by atoms with Crippen LogP contribution in [0.25, 0.3) is 0 Å². The fourth-order valence-electron chi connectivity index (χ4n) is 6.50. The topological polar surface area (TPSA) is 12.9 Å². The molecule has 0 spiro atoms. The summed E-state index contributed by atoms with van der Waals surface area (Å²) in [6, 6.07) is 4.17. The number of aromatic nitrogens is 1. The van der Waals surface area contributed by atoms with Gasteiger partial charge < -0.3 is 0 Å². The molecule has 33 heavy (non-hydrogen) atoms. The molecule has 2 atom stereocenters. The van der Waals surface area contributed by atoms with E-state index in [0.717, 1.165) is 37.3 Å². The van der Waals surface area contributed by atoms with Gasteiger partial charge in [0.2, 0.25) is 0 Å². The lowest BCUT2D eigenvalue weighted by molar-refractivity contribution is -0.119. The zero-order chi connectivity index (χ0) is 23.5. The Kier molecular flexibility index (Phi) is 11.1. The number of pyridine rings is 1. The summed E-state index contributed by atoms with van der Waals surface area (Å²) in [6.45, 7) is 4.49. The monoisotopic (exact) mass is 461 g/mol. The highest BCUT2D eigenvalue weighted by atomic mass is 19.3. The second kappa shape index (κ2) is 13.8. The van der Waals surface area contributed by atoms with Gasteiger partial charge in [-0.05, 0) is 62.0 Å². The molecule has 0 radical (unpaired) electrons. The van der Waals surface area contributed by atoms with Crippen LogP contribution in [0, 0.1) is 17.8 Å². The molecule has 3 heteroatoms. The number of alkyl halides is 2. The van der Waals surface area contributed by atoms with E-state index in [4.69, 9.17) is 0 Å². The van der Waals surface area contributed by atoms with E-state index >= 15 is 8.78 Å². The Morgan fingerprint density at radius 1 is 0.818 bits per heavy atom. The van der Waals surface area contributed by atoms with E-state index in [1.165, 1.54) is 82.6 Å². The second-order valence-corrected chi connectivity index (χ2v) is 11.2. The van der Waals surface area contributed by atoms with Crippen LogP contribution >= 0.6 is 0 Å². The van der Waals surface area contributed by atoms with Crippen LogP contribution in [-0.2, 0) is 6.42 Å². The number of nitrogens with zero attached hydrogens (tertiary/aromatic N) is 1. The average molecular weight is 462 g/mol. The molecule has 0 unspecified atom stereocenters. The molecule has 0 aromatic carbocycles. The van der Waals surface area contributed by atoms with Gasteiger partial charge in [0, 0.05) is 30.1 Å². The van der Waals surface area contributed by atoms with Crippen LogP contribution in [0.5, 0.6) is 0 Å². The Labute approximate surface area is 202 Å². The van der Waals surface area contributed by atoms with E-state index in [0.29, 0.717) is 6.42 Å². The lowest BCUT2D eigenvalue weighted by Crippen LogP contribution is -2.40. The third-order valence-corrected chi connectivity index (χ3v) is 8.65. The zero-order valence-corrected chi connectivity index (χ0v) is 21.5. The third-order valence-electron chi connectivity index (χ3n) is 8.65. The lowest BCUT2D eigenvalue weighted by atomic mass is 9.66. The van der Waals surface area contributed by atoms with Crippen molar-refractivity contribution in [2.24, 2.45) is 17.8 Å². The minimum absolute atomic E-state index is 0.00211. The molecule has 0 amide bonds. The fraction of sp³-hybridized carbons (Fsp3) is 0.833. The van der Waals surface area contributed by atoms with E-state index in [1.54, 1.807) is 0 Å². The first-order chi connectivity index (χ1) is 16.0. The van der Waals surface area contributed by atoms with Crippen LogP contribution in [0.1, 0.15) is 140 Å². The van der Waals surface area contributed by atoms with Crippen molar-refractivity contribution in [1.29, 1.82) is 0 Å². The summed E-state index contributed by atoms with van der Waals surface area (Å²) in [5, 5.41) is 0. The number of hydrogen-bond acceptors (Lipinski definition) is 1. The maximum Gasteiger partial charge on any atom is 0.251 e. The molecule has 3 rings (SSSR count). The van der Waals surface area contributed by atoms with Crippen molar-refractivity contribution >= 4 is 0 Å². The predicted octanol–water partition coefficient (Wildman–Crippen LogP) is 9.89. The summed E-state index contributed by atoms with van der Waals surface area (Å²) < 4.78 is 30.6. The number of halogens is 2. The van der Waals surface area contributed by atoms with Crippen molar-refractivity contribution in [3.8, 4) is 0 Å². The molecule has 0 N–H and O–H groups in total. The second-order valence-electron chi connectivity index (χ2n) is 11.2. The van der Waals surface area contributed by atoms with E-state index in [2.05, 4.69) is 24.9 Å². The summed E-state index contributed by atoms with van der Waals surface area (Å²) in [6.07, 6.45) is 21.9. The molecule has 0 aliphatic heterocycles. The van der Waals surface area contributed by atoms with Crippen LogP contribution in [0.3, 0.4) is 0 Å². The van der Waals surface area contributed by atoms with Crippen LogP contribution in [0.4, 0.5) is 8.78 Å². The Morgan fingerprint density at radius 3 is 2.18 bits per heavy atom. The maximum absolute atomic E-state index is 15.3. The van der Waals surface area contributed by atoms with E-state index < -0.39 is 11.8 Å². The van der Waals surface area contributed by atoms with Crippen LogP contribution < -0.4 is 0 Å². The Bertz CT molecular complexity index is 648. The minimum atomic E-state index is -2.54. The first-order valence-electron chi connectivity index (χ1n) is 14.4. The number of unbranched alkanes of at least 4 members (excludes halogenated alkanes) is 7. The van der Waals surface area contributed by atoms with E-state index in [9.17, 15) is 0 Å². The van der Waals surface area contributed by atoms with Crippen LogP contribution in [-0.4, -0.2) is 10.9 Å². The number of rotatable bonds is 13. The highest BCUT2D eigenvalue weighted by molar-refractivity contribution is 5.18. The quantitative estimate of drug-likeness (QED) is 0.266. The molecule has 1 nitrogen and oxygen atoms in total. The minimum Gasteiger partial charge on any atom is -0.261 e. The van der Waals surface area contributed by atoms with E-state index in [-0.39, 0.29) is 18.3 Å². The number of hydrogen-bond donors (Lipinski definition) is 0. The fourth-order valence-corrected chi connectivity index (χ4v) is 6.50. The van der Waals surface area contributed by atoms with Gasteiger partial charge in [0.05, 0.1) is 0 Å². The first kappa shape index (κ1) is 26.6. The standard InChI is InChI=1S/C30H49F2N/c1-3-5-7-8-9-11-13-25-16-21-29(33-23-25)27-19-20-28(30(31,32)22-27)26-17-14-24(15-18-26)12-10-6-4-2/h16,21,23-24,26-28H,3-15,17-20,22H2,1-2H3/t24?,26?,27-,28+/m0/s1. The van der Waals surface area contributed by atoms with Crippen molar-refractivity contribution in [2.75, 3.05) is 0 Å². The summed E-state index contributed by atoms with van der Waals surface area (Å²) in [7, 11) is 0. The molecule has 0 bridgehead atoms. The van der Waals surface area contributed by atoms with Gasteiger partial charge in [0.1, 0.15) is 0 Å². The highest BCUT2D eigenvalue weighted by Crippen LogP contribution is 2.51. The van der Waals surface area contributed by atoms with Crippen molar-refractivity contribution in [1.82, 2.24) is 4.98 Å². The molecular formula is C30H49F2N. The van der Waals surface area contributed by atoms with Gasteiger partial charge in [0.15, 0.2) is 0 Å². The van der Waals surface area contributed by atoms with Crippen molar-refractivity contribution < 1.29 is 8.78 Å². The third kappa shape index (κ3) is 8.32. The SMILES string of the molecule is CCCCCCCCc1ccc([C@H]2CC[C@H](C3CCC(CCCCC)CC3)C(F)(F)C2)nc1. The molecule has 1 heterocycles. The van der Waals surface area contributed by atoms with Gasteiger partial charge in [0.25, 0.3) is 5.92 Å². The van der Waals surface area contributed by atoms with Crippen molar-refractivity contribution in [3.05, 3.63) is 29.6 Å². The summed E-state index contributed by atoms with van der Waals surface area (Å²) >= 11 is 0. The van der Waals surface area contributed by atoms with Crippen LogP contribution in [0.2, 0.25) is 0 Å². The summed E-state index contributed by atoms with van der Waals surface area (Å²) in [5.41, 5.74) is 2.14. The van der Waals surface area contributed by atoms with Gasteiger partial charge in [-0.3, -0.25) is 4.98 Å². The van der Waals surface area contributed by atoms with Crippen LogP contribution in [0.15, 0.2) is 18.3 Å². The molecule has 0 saturated heterocycles. The Morgan fingerprint density at radius 2 is 1.52 bits per heavy atom. The van der Waals surface area contributed by atoms with Gasteiger partial charge in [-0.2, -0.15) is 0 Å². The van der Waals surface area contributed by atoms with Crippen molar-refractivity contribution in [3.63, 3.8) is 0 Å².